The molecule has 1 saturated carbocycles. The second kappa shape index (κ2) is 10.0. The van der Waals surface area contributed by atoms with Crippen LogP contribution in [0.15, 0.2) is 24.3 Å². The number of fused-ring (bicyclic) bond motifs is 9. The Labute approximate surface area is 185 Å². The molecule has 0 spiro atoms. The van der Waals surface area contributed by atoms with Gasteiger partial charge in [-0.1, -0.05) is 25.0 Å². The van der Waals surface area contributed by atoms with Gasteiger partial charge in [0.1, 0.15) is 12.4 Å². The predicted octanol–water partition coefficient (Wildman–Crippen LogP) is 3.75. The van der Waals surface area contributed by atoms with Gasteiger partial charge in [-0.25, -0.2) is 0 Å². The lowest BCUT2D eigenvalue weighted by Gasteiger charge is -2.42. The summed E-state index contributed by atoms with van der Waals surface area (Å²) in [5, 5.41) is 0. The number of rotatable bonds is 3. The van der Waals surface area contributed by atoms with Crippen molar-refractivity contribution in [3.8, 4) is 5.75 Å². The standard InChI is InChI=1S/C25H36N2O4/c1-30-19-25-11-4-5-14-26(23(28)20-7-6-8-20)17-18-31-22-10-3-2-9-21(22)24(29)27(15-12-25)16-13-25/h2-3,9-10,20H,4-8,11-19H2,1H3. The normalized spacial score (nSPS) is 22.7. The number of benzene rings is 1. The number of hydrogen-bond donors (Lipinski definition) is 0. The Hall–Kier alpha value is -2.08. The molecule has 0 N–H and O–H groups in total. The quantitative estimate of drug-likeness (QED) is 0.736. The van der Waals surface area contributed by atoms with Crippen LogP contribution in [-0.4, -0.2) is 68.1 Å². The van der Waals surface area contributed by atoms with Gasteiger partial charge in [-0.3, -0.25) is 9.59 Å². The minimum atomic E-state index is 0.0406. The van der Waals surface area contributed by atoms with Gasteiger partial charge in [-0.15, -0.1) is 0 Å². The van der Waals surface area contributed by atoms with Crippen LogP contribution in [0.1, 0.15) is 61.7 Å². The maximum atomic E-state index is 13.3. The summed E-state index contributed by atoms with van der Waals surface area (Å²) in [6.45, 7) is 4.01. The topological polar surface area (TPSA) is 59.1 Å². The van der Waals surface area contributed by atoms with Gasteiger partial charge < -0.3 is 19.3 Å². The van der Waals surface area contributed by atoms with E-state index >= 15 is 0 Å². The SMILES string of the molecule is COCC12CCCCN(C(=O)C3CCC3)CCOc3ccccc3C(=O)N(CC1)CC2. The highest BCUT2D eigenvalue weighted by atomic mass is 16.5. The number of methoxy groups -OCH3 is 1. The van der Waals surface area contributed by atoms with Crippen molar-refractivity contribution in [2.75, 3.05) is 46.5 Å². The Balaban J connectivity index is 1.54. The van der Waals surface area contributed by atoms with E-state index in [4.69, 9.17) is 9.47 Å². The maximum Gasteiger partial charge on any atom is 0.257 e. The lowest BCUT2D eigenvalue weighted by molar-refractivity contribution is -0.138. The van der Waals surface area contributed by atoms with Crippen LogP contribution in [0.2, 0.25) is 0 Å². The van der Waals surface area contributed by atoms with E-state index < -0.39 is 0 Å². The van der Waals surface area contributed by atoms with Crippen molar-refractivity contribution in [3.63, 3.8) is 0 Å². The van der Waals surface area contributed by atoms with Gasteiger partial charge in [0.25, 0.3) is 5.91 Å². The van der Waals surface area contributed by atoms with Gasteiger partial charge in [-0.05, 0) is 56.1 Å². The van der Waals surface area contributed by atoms with Crippen molar-refractivity contribution in [2.45, 2.75) is 51.4 Å². The zero-order chi connectivity index (χ0) is 21.7. The first-order chi connectivity index (χ1) is 15.1. The molecule has 6 nitrogen and oxygen atoms in total. The van der Waals surface area contributed by atoms with Crippen molar-refractivity contribution in [1.82, 2.24) is 9.80 Å². The molecule has 6 heteroatoms. The van der Waals surface area contributed by atoms with Crippen LogP contribution in [0.5, 0.6) is 5.75 Å². The van der Waals surface area contributed by atoms with Crippen molar-refractivity contribution in [3.05, 3.63) is 29.8 Å². The summed E-state index contributed by atoms with van der Waals surface area (Å²) in [5.74, 6) is 1.13. The van der Waals surface area contributed by atoms with Gasteiger partial charge in [0.05, 0.1) is 18.7 Å². The summed E-state index contributed by atoms with van der Waals surface area (Å²) in [7, 11) is 1.77. The number of carbonyl (C=O) groups excluding carboxylic acids is 2. The zero-order valence-electron chi connectivity index (χ0n) is 18.8. The molecule has 2 fully saturated rings. The number of ether oxygens (including phenoxy) is 2. The highest BCUT2D eigenvalue weighted by Gasteiger charge is 2.36. The molecule has 3 aliphatic heterocycles. The van der Waals surface area contributed by atoms with Gasteiger partial charge in [0, 0.05) is 32.7 Å². The van der Waals surface area contributed by atoms with E-state index in [0.29, 0.717) is 24.5 Å². The minimum Gasteiger partial charge on any atom is -0.491 e. The van der Waals surface area contributed by atoms with Crippen molar-refractivity contribution in [1.29, 1.82) is 0 Å². The number of hydrogen-bond acceptors (Lipinski definition) is 4. The van der Waals surface area contributed by atoms with E-state index in [-0.39, 0.29) is 23.1 Å². The van der Waals surface area contributed by atoms with Crippen LogP contribution < -0.4 is 4.74 Å². The number of piperidine rings is 1. The average Bonchev–Trinajstić information content (AvgIpc) is 2.75. The molecule has 170 valence electrons. The lowest BCUT2D eigenvalue weighted by atomic mass is 9.75. The zero-order valence-corrected chi connectivity index (χ0v) is 18.8. The molecule has 2 bridgehead atoms. The first-order valence-electron chi connectivity index (χ1n) is 11.9. The molecule has 1 aliphatic carbocycles. The van der Waals surface area contributed by atoms with Crippen LogP contribution in [0.25, 0.3) is 0 Å². The number of nitrogens with zero attached hydrogens (tertiary/aromatic N) is 2. The molecule has 1 aromatic rings. The Kier molecular flexibility index (Phi) is 7.16. The third kappa shape index (κ3) is 5.05. The van der Waals surface area contributed by atoms with Crippen molar-refractivity contribution < 1.29 is 19.1 Å². The number of carbonyl (C=O) groups is 2. The molecule has 0 unspecified atom stereocenters. The molecule has 0 aromatic heterocycles. The highest BCUT2D eigenvalue weighted by molar-refractivity contribution is 5.97. The fourth-order valence-electron chi connectivity index (χ4n) is 5.21. The Bertz CT molecular complexity index is 769. The minimum absolute atomic E-state index is 0.0406. The third-order valence-corrected chi connectivity index (χ3v) is 7.45. The Morgan fingerprint density at radius 1 is 1.06 bits per heavy atom. The van der Waals surface area contributed by atoms with E-state index in [1.165, 1.54) is 0 Å². The third-order valence-electron chi connectivity index (χ3n) is 7.45. The molecule has 31 heavy (non-hydrogen) atoms. The smallest absolute Gasteiger partial charge is 0.257 e. The van der Waals surface area contributed by atoms with Crippen LogP contribution in [-0.2, 0) is 9.53 Å². The predicted molar refractivity (Wildman–Crippen MR) is 119 cm³/mol. The molecule has 3 heterocycles. The van der Waals surface area contributed by atoms with Crippen LogP contribution in [0, 0.1) is 11.3 Å². The Morgan fingerprint density at radius 3 is 2.55 bits per heavy atom. The van der Waals surface area contributed by atoms with Crippen LogP contribution in [0.4, 0.5) is 0 Å². The van der Waals surface area contributed by atoms with Crippen LogP contribution >= 0.6 is 0 Å². The highest BCUT2D eigenvalue weighted by Crippen LogP contribution is 2.38. The maximum absolute atomic E-state index is 13.3. The molecule has 4 aliphatic rings. The molecule has 0 atom stereocenters. The summed E-state index contributed by atoms with van der Waals surface area (Å²) < 4.78 is 11.6. The second-order valence-electron chi connectivity index (χ2n) is 9.48. The lowest BCUT2D eigenvalue weighted by Crippen LogP contribution is -2.45. The molecule has 2 amide bonds. The van der Waals surface area contributed by atoms with Gasteiger partial charge in [0.15, 0.2) is 0 Å². The summed E-state index contributed by atoms with van der Waals surface area (Å²) in [6.07, 6.45) is 8.27. The van der Waals surface area contributed by atoms with Crippen LogP contribution in [0.3, 0.4) is 0 Å². The fourth-order valence-corrected chi connectivity index (χ4v) is 5.21. The first kappa shape index (κ1) is 22.1. The first-order valence-corrected chi connectivity index (χ1v) is 11.9. The molecule has 1 aromatic carbocycles. The van der Waals surface area contributed by atoms with E-state index in [9.17, 15) is 9.59 Å². The molecular formula is C25H36N2O4. The average molecular weight is 429 g/mol. The largest absolute Gasteiger partial charge is 0.491 e. The molecule has 1 saturated heterocycles. The van der Waals surface area contributed by atoms with Crippen molar-refractivity contribution >= 4 is 11.8 Å². The Morgan fingerprint density at radius 2 is 1.84 bits per heavy atom. The van der Waals surface area contributed by atoms with Gasteiger partial charge in [0.2, 0.25) is 5.91 Å². The monoisotopic (exact) mass is 428 g/mol. The second-order valence-corrected chi connectivity index (χ2v) is 9.48. The van der Waals surface area contributed by atoms with Crippen molar-refractivity contribution in [2.24, 2.45) is 11.3 Å². The summed E-state index contributed by atoms with van der Waals surface area (Å²) in [4.78, 5) is 30.2. The van der Waals surface area contributed by atoms with Gasteiger partial charge in [-0.2, -0.15) is 0 Å². The van der Waals surface area contributed by atoms with E-state index in [1.54, 1.807) is 7.11 Å². The molecule has 0 radical (unpaired) electrons. The number of amides is 2. The summed E-state index contributed by atoms with van der Waals surface area (Å²) >= 11 is 0. The summed E-state index contributed by atoms with van der Waals surface area (Å²) in [6, 6.07) is 7.50. The number of para-hydroxylation sites is 1. The summed E-state index contributed by atoms with van der Waals surface area (Å²) in [5.41, 5.74) is 0.748. The molecular weight excluding hydrogens is 392 g/mol. The van der Waals surface area contributed by atoms with E-state index in [1.807, 2.05) is 34.1 Å². The fraction of sp³-hybridized carbons (Fsp3) is 0.680. The molecule has 5 rings (SSSR count). The van der Waals surface area contributed by atoms with E-state index in [0.717, 1.165) is 77.6 Å². The van der Waals surface area contributed by atoms with E-state index in [2.05, 4.69) is 0 Å². The van der Waals surface area contributed by atoms with Gasteiger partial charge >= 0.3 is 0 Å².